The van der Waals surface area contributed by atoms with Gasteiger partial charge in [-0.3, -0.25) is 0 Å². The second kappa shape index (κ2) is 30.0. The zero-order valence-electron chi connectivity index (χ0n) is 33.4. The number of carbonyl (C=O) groups excluding carboxylic acids is 1. The zero-order valence-corrected chi connectivity index (χ0v) is 33.4. The summed E-state index contributed by atoms with van der Waals surface area (Å²) in [7, 11) is 0. The van der Waals surface area contributed by atoms with Crippen LogP contribution in [0.5, 0.6) is 0 Å². The van der Waals surface area contributed by atoms with Gasteiger partial charge in [0.15, 0.2) is 0 Å². The van der Waals surface area contributed by atoms with Crippen LogP contribution in [0.1, 0.15) is 181 Å². The highest BCUT2D eigenvalue weighted by molar-refractivity contribution is 5.82. The van der Waals surface area contributed by atoms with E-state index in [2.05, 4.69) is 6.92 Å². The summed E-state index contributed by atoms with van der Waals surface area (Å²) in [6.45, 7) is 5.99. The van der Waals surface area contributed by atoms with Crippen LogP contribution in [0.25, 0.3) is 0 Å². The SMILES string of the molecule is CCCC[C@H](C)[C@H]1C[C@H](O)CCC[C@H](O)C[C@@H](O)C[C@@H](O)CCC[C@H](O)CCC[C@H](O)CCC[C@H](O)CCC[C@@H](O)C[C@@H](O)CCCC(C)=CC(=O)O1. The molecule has 1 rings (SSSR count). The molecule has 0 saturated heterocycles. The second-order valence-corrected chi connectivity index (χ2v) is 16.5. The van der Waals surface area contributed by atoms with Gasteiger partial charge in [0, 0.05) is 12.5 Å². The average molecular weight is 761 g/mol. The van der Waals surface area contributed by atoms with Crippen LogP contribution in [0.4, 0.5) is 0 Å². The van der Waals surface area contributed by atoms with Gasteiger partial charge in [-0.15, -0.1) is 0 Å². The second-order valence-electron chi connectivity index (χ2n) is 16.5. The molecule has 9 N–H and O–H groups in total. The number of aliphatic hydroxyl groups is 9. The molecule has 53 heavy (non-hydrogen) atoms. The highest BCUT2D eigenvalue weighted by atomic mass is 16.5. The molecular formula is C42H80O11. The summed E-state index contributed by atoms with van der Waals surface area (Å²) in [5.74, 6) is -0.397. The number of hydrogen-bond donors (Lipinski definition) is 9. The lowest BCUT2D eigenvalue weighted by molar-refractivity contribution is -0.147. The zero-order chi connectivity index (χ0) is 39.6. The third-order valence-electron chi connectivity index (χ3n) is 10.9. The van der Waals surface area contributed by atoms with Crippen LogP contribution < -0.4 is 0 Å². The molecule has 314 valence electrons. The number of cyclic esters (lactones) is 1. The summed E-state index contributed by atoms with van der Waals surface area (Å²) >= 11 is 0. The van der Waals surface area contributed by atoms with E-state index in [4.69, 9.17) is 4.74 Å². The van der Waals surface area contributed by atoms with Gasteiger partial charge >= 0.3 is 5.97 Å². The normalized spacial score (nSPS) is 34.7. The lowest BCUT2D eigenvalue weighted by atomic mass is 9.92. The Bertz CT molecular complexity index is 933. The first-order chi connectivity index (χ1) is 25.2. The van der Waals surface area contributed by atoms with Crippen LogP contribution >= 0.6 is 0 Å². The molecule has 1 aliphatic rings. The largest absolute Gasteiger partial charge is 0.459 e. The summed E-state index contributed by atoms with van der Waals surface area (Å²) < 4.78 is 5.88. The monoisotopic (exact) mass is 761 g/mol. The molecule has 0 saturated carbocycles. The lowest BCUT2D eigenvalue weighted by Gasteiger charge is -2.26. The van der Waals surface area contributed by atoms with E-state index >= 15 is 0 Å². The van der Waals surface area contributed by atoms with Crippen LogP contribution in [0.2, 0.25) is 0 Å². The predicted octanol–water partition coefficient (Wildman–Crippen LogP) is 5.51. The Kier molecular flexibility index (Phi) is 28.3. The van der Waals surface area contributed by atoms with Crippen molar-refractivity contribution in [2.75, 3.05) is 0 Å². The van der Waals surface area contributed by atoms with Crippen molar-refractivity contribution in [1.82, 2.24) is 0 Å². The van der Waals surface area contributed by atoms with Gasteiger partial charge in [0.2, 0.25) is 0 Å². The summed E-state index contributed by atoms with van der Waals surface area (Å²) in [4.78, 5) is 12.9. The van der Waals surface area contributed by atoms with Gasteiger partial charge in [-0.25, -0.2) is 4.79 Å². The Morgan fingerprint density at radius 2 is 0.887 bits per heavy atom. The van der Waals surface area contributed by atoms with Crippen molar-refractivity contribution in [2.45, 2.75) is 242 Å². The molecule has 0 aliphatic carbocycles. The number of esters is 1. The van der Waals surface area contributed by atoms with E-state index in [0.29, 0.717) is 122 Å². The van der Waals surface area contributed by atoms with Crippen molar-refractivity contribution < 1.29 is 55.5 Å². The van der Waals surface area contributed by atoms with E-state index in [0.717, 1.165) is 24.8 Å². The summed E-state index contributed by atoms with van der Waals surface area (Å²) in [6, 6.07) is 0. The predicted molar refractivity (Wildman–Crippen MR) is 208 cm³/mol. The minimum Gasteiger partial charge on any atom is -0.459 e. The Morgan fingerprint density at radius 1 is 0.547 bits per heavy atom. The van der Waals surface area contributed by atoms with Crippen molar-refractivity contribution in [3.05, 3.63) is 11.6 Å². The maximum atomic E-state index is 12.9. The first kappa shape index (κ1) is 49.9. The van der Waals surface area contributed by atoms with Crippen LogP contribution in [0.15, 0.2) is 11.6 Å². The van der Waals surface area contributed by atoms with E-state index < -0.39 is 67.0 Å². The molecule has 0 amide bonds. The Hall–Kier alpha value is -1.15. The maximum Gasteiger partial charge on any atom is 0.330 e. The summed E-state index contributed by atoms with van der Waals surface area (Å²) in [5, 5.41) is 94.2. The number of allylic oxidation sites excluding steroid dienone is 1. The minimum absolute atomic E-state index is 0.0578. The molecule has 11 heteroatoms. The standard InChI is InChI=1S/C42H80O11/c1-4-5-13-31(3)41-29-39(50)24-11-23-38(49)28-40(51)27-37(48)22-10-19-34(45)17-8-15-32(43)14-7-16-33(44)18-9-21-36(47)26-35(46)20-6-12-30(2)25-42(52)53-41/h25,31-41,43-51H,4-24,26-29H2,1-3H3/t31-,32+,33-,34+,35-,36+,37-,38-,39+,40-,41+/m0/s1. The minimum atomic E-state index is -0.869. The quantitative estimate of drug-likeness (QED) is 0.163. The van der Waals surface area contributed by atoms with E-state index in [1.807, 2.05) is 13.8 Å². The summed E-state index contributed by atoms with van der Waals surface area (Å²) in [5.41, 5.74) is 0.829. The molecule has 0 fully saturated rings. The van der Waals surface area contributed by atoms with E-state index in [-0.39, 0.29) is 25.2 Å². The number of rotatable bonds is 4. The highest BCUT2D eigenvalue weighted by Gasteiger charge is 2.25. The van der Waals surface area contributed by atoms with Crippen LogP contribution in [-0.2, 0) is 9.53 Å². The van der Waals surface area contributed by atoms with Gasteiger partial charge in [0.05, 0.1) is 54.9 Å². The van der Waals surface area contributed by atoms with Crippen LogP contribution in [0.3, 0.4) is 0 Å². The number of hydrogen-bond acceptors (Lipinski definition) is 11. The first-order valence-electron chi connectivity index (χ1n) is 21.2. The van der Waals surface area contributed by atoms with Crippen molar-refractivity contribution >= 4 is 5.97 Å². The van der Waals surface area contributed by atoms with Crippen molar-refractivity contribution in [3.63, 3.8) is 0 Å². The fourth-order valence-corrected chi connectivity index (χ4v) is 7.46. The topological polar surface area (TPSA) is 208 Å². The van der Waals surface area contributed by atoms with Crippen molar-refractivity contribution in [1.29, 1.82) is 0 Å². The Morgan fingerprint density at radius 3 is 1.28 bits per heavy atom. The van der Waals surface area contributed by atoms with Gasteiger partial charge in [-0.2, -0.15) is 0 Å². The van der Waals surface area contributed by atoms with Gasteiger partial charge in [-0.1, -0.05) is 32.3 Å². The van der Waals surface area contributed by atoms with Crippen molar-refractivity contribution in [2.24, 2.45) is 5.92 Å². The molecule has 0 spiro atoms. The number of carbonyl (C=O) groups is 1. The van der Waals surface area contributed by atoms with Gasteiger partial charge in [0.25, 0.3) is 0 Å². The first-order valence-corrected chi connectivity index (χ1v) is 21.2. The third kappa shape index (κ3) is 27.2. The lowest BCUT2D eigenvalue weighted by Crippen LogP contribution is -2.29. The van der Waals surface area contributed by atoms with Gasteiger partial charge in [0.1, 0.15) is 6.10 Å². The molecule has 11 nitrogen and oxygen atoms in total. The smallest absolute Gasteiger partial charge is 0.330 e. The van der Waals surface area contributed by atoms with Crippen LogP contribution in [-0.4, -0.2) is 113 Å². The van der Waals surface area contributed by atoms with Gasteiger partial charge < -0.3 is 50.7 Å². The molecule has 0 radical (unpaired) electrons. The number of unbranched alkanes of at least 4 members (excludes halogenated alkanes) is 1. The number of ether oxygens (including phenoxy) is 1. The highest BCUT2D eigenvalue weighted by Crippen LogP contribution is 2.24. The van der Waals surface area contributed by atoms with E-state index in [9.17, 15) is 50.8 Å². The molecule has 0 unspecified atom stereocenters. The Balaban J connectivity index is 2.79. The molecule has 1 aliphatic heterocycles. The molecule has 0 aromatic rings. The molecule has 11 atom stereocenters. The fraction of sp³-hybridized carbons (Fsp3) is 0.929. The van der Waals surface area contributed by atoms with E-state index in [1.54, 1.807) is 0 Å². The molecule has 0 bridgehead atoms. The fourth-order valence-electron chi connectivity index (χ4n) is 7.46. The molecule has 0 aromatic carbocycles. The van der Waals surface area contributed by atoms with Crippen molar-refractivity contribution in [3.8, 4) is 0 Å². The average Bonchev–Trinajstić information content (AvgIpc) is 3.06. The molecule has 1 heterocycles. The van der Waals surface area contributed by atoms with E-state index in [1.165, 1.54) is 6.08 Å². The third-order valence-corrected chi connectivity index (χ3v) is 10.9. The summed E-state index contributed by atoms with van der Waals surface area (Å²) in [6.07, 6.45) is 8.57. The maximum absolute atomic E-state index is 12.9. The molecule has 0 aromatic heterocycles. The molecular weight excluding hydrogens is 680 g/mol. The Labute approximate surface area is 320 Å². The number of aliphatic hydroxyl groups excluding tert-OH is 9. The van der Waals surface area contributed by atoms with Crippen LogP contribution in [0, 0.1) is 5.92 Å². The van der Waals surface area contributed by atoms with Gasteiger partial charge in [-0.05, 0) is 154 Å².